The van der Waals surface area contributed by atoms with Crippen LogP contribution in [0, 0.1) is 0 Å². The third kappa shape index (κ3) is 2.43. The molecule has 0 aliphatic rings. The van der Waals surface area contributed by atoms with Gasteiger partial charge in [0.1, 0.15) is 0 Å². The van der Waals surface area contributed by atoms with Crippen molar-refractivity contribution in [2.75, 3.05) is 0 Å². The van der Waals surface area contributed by atoms with E-state index in [0.29, 0.717) is 0 Å². The first-order valence-electron chi connectivity index (χ1n) is 5.98. The second kappa shape index (κ2) is 5.13. The fourth-order valence-electron chi connectivity index (χ4n) is 2.13. The summed E-state index contributed by atoms with van der Waals surface area (Å²) in [6.45, 7) is 0. The standard InChI is InChI=1S/C16H13ClS/c17-16(11-15-6-3-9-18-15)14-8-7-12-4-1-2-5-13(12)10-14/h1-10,16H,11H2. The number of hydrogen-bond donors (Lipinski definition) is 0. The van der Waals surface area contributed by atoms with Crippen LogP contribution in [-0.4, -0.2) is 0 Å². The van der Waals surface area contributed by atoms with Crippen LogP contribution < -0.4 is 0 Å². The van der Waals surface area contributed by atoms with E-state index in [0.717, 1.165) is 6.42 Å². The maximum absolute atomic E-state index is 6.50. The van der Waals surface area contributed by atoms with E-state index in [2.05, 4.69) is 60.0 Å². The lowest BCUT2D eigenvalue weighted by Crippen LogP contribution is -1.93. The Morgan fingerprint density at radius 2 is 1.78 bits per heavy atom. The first-order chi connectivity index (χ1) is 8.83. The van der Waals surface area contributed by atoms with E-state index in [9.17, 15) is 0 Å². The Balaban J connectivity index is 1.89. The number of hydrogen-bond acceptors (Lipinski definition) is 1. The van der Waals surface area contributed by atoms with Crippen LogP contribution in [0.25, 0.3) is 10.8 Å². The zero-order valence-corrected chi connectivity index (χ0v) is 11.4. The van der Waals surface area contributed by atoms with Gasteiger partial charge in [-0.2, -0.15) is 0 Å². The summed E-state index contributed by atoms with van der Waals surface area (Å²) in [6.07, 6.45) is 0.900. The van der Waals surface area contributed by atoms with Gasteiger partial charge in [-0.15, -0.1) is 22.9 Å². The number of alkyl halides is 1. The van der Waals surface area contributed by atoms with Gasteiger partial charge in [-0.1, -0.05) is 42.5 Å². The Morgan fingerprint density at radius 1 is 0.944 bits per heavy atom. The molecule has 90 valence electrons. The van der Waals surface area contributed by atoms with Gasteiger partial charge >= 0.3 is 0 Å². The Labute approximate surface area is 116 Å². The van der Waals surface area contributed by atoms with Crippen molar-refractivity contribution in [3.8, 4) is 0 Å². The molecule has 0 fully saturated rings. The van der Waals surface area contributed by atoms with E-state index in [1.807, 2.05) is 0 Å². The molecule has 1 unspecified atom stereocenters. The molecule has 1 atom stereocenters. The highest BCUT2D eigenvalue weighted by Crippen LogP contribution is 2.29. The molecule has 18 heavy (non-hydrogen) atoms. The monoisotopic (exact) mass is 272 g/mol. The van der Waals surface area contributed by atoms with E-state index in [-0.39, 0.29) is 5.38 Å². The Morgan fingerprint density at radius 3 is 2.56 bits per heavy atom. The number of benzene rings is 2. The van der Waals surface area contributed by atoms with Crippen LogP contribution in [0.3, 0.4) is 0 Å². The predicted octanol–water partition coefficient (Wildman–Crippen LogP) is 5.42. The van der Waals surface area contributed by atoms with E-state index >= 15 is 0 Å². The highest BCUT2D eigenvalue weighted by molar-refractivity contribution is 7.09. The van der Waals surface area contributed by atoms with Crippen molar-refractivity contribution in [2.24, 2.45) is 0 Å². The van der Waals surface area contributed by atoms with Crippen LogP contribution in [-0.2, 0) is 6.42 Å². The summed E-state index contributed by atoms with van der Waals surface area (Å²) in [5, 5.41) is 4.67. The van der Waals surface area contributed by atoms with Crippen molar-refractivity contribution >= 4 is 33.7 Å². The molecule has 0 spiro atoms. The van der Waals surface area contributed by atoms with Crippen LogP contribution in [0.1, 0.15) is 15.8 Å². The summed E-state index contributed by atoms with van der Waals surface area (Å²) in [4.78, 5) is 1.34. The summed E-state index contributed by atoms with van der Waals surface area (Å²) < 4.78 is 0. The van der Waals surface area contributed by atoms with Gasteiger partial charge in [-0.05, 0) is 33.8 Å². The number of thiophene rings is 1. The van der Waals surface area contributed by atoms with Crippen molar-refractivity contribution in [3.63, 3.8) is 0 Å². The van der Waals surface area contributed by atoms with Crippen molar-refractivity contribution in [3.05, 3.63) is 70.4 Å². The molecule has 2 heteroatoms. The summed E-state index contributed by atoms with van der Waals surface area (Å²) >= 11 is 8.27. The maximum Gasteiger partial charge on any atom is 0.0633 e. The summed E-state index contributed by atoms with van der Waals surface area (Å²) in [7, 11) is 0. The van der Waals surface area contributed by atoms with Gasteiger partial charge in [0, 0.05) is 11.3 Å². The van der Waals surface area contributed by atoms with Crippen LogP contribution >= 0.6 is 22.9 Å². The van der Waals surface area contributed by atoms with Gasteiger partial charge in [0.05, 0.1) is 5.38 Å². The molecule has 0 amide bonds. The molecule has 0 N–H and O–H groups in total. The molecular weight excluding hydrogens is 260 g/mol. The molecule has 0 saturated carbocycles. The molecule has 0 aliphatic heterocycles. The summed E-state index contributed by atoms with van der Waals surface area (Å²) in [5.74, 6) is 0. The lowest BCUT2D eigenvalue weighted by atomic mass is 10.0. The fourth-order valence-corrected chi connectivity index (χ4v) is 3.27. The third-order valence-corrected chi connectivity index (χ3v) is 4.40. The van der Waals surface area contributed by atoms with Gasteiger partial charge in [0.2, 0.25) is 0 Å². The second-order valence-corrected chi connectivity index (χ2v) is 5.92. The predicted molar refractivity (Wildman–Crippen MR) is 80.6 cm³/mol. The average Bonchev–Trinajstić information content (AvgIpc) is 2.91. The Bertz CT molecular complexity index is 643. The summed E-state index contributed by atoms with van der Waals surface area (Å²) in [6, 6.07) is 19.1. The molecular formula is C16H13ClS. The largest absolute Gasteiger partial charge is 0.149 e. The molecule has 3 aromatic rings. The molecule has 0 nitrogen and oxygen atoms in total. The lowest BCUT2D eigenvalue weighted by molar-refractivity contribution is 0.940. The fraction of sp³-hybridized carbons (Fsp3) is 0.125. The molecule has 0 aliphatic carbocycles. The topological polar surface area (TPSA) is 0 Å². The lowest BCUT2D eigenvalue weighted by Gasteiger charge is -2.09. The molecule has 0 saturated heterocycles. The van der Waals surface area contributed by atoms with E-state index < -0.39 is 0 Å². The van der Waals surface area contributed by atoms with Crippen molar-refractivity contribution in [2.45, 2.75) is 11.8 Å². The first-order valence-corrected chi connectivity index (χ1v) is 7.30. The van der Waals surface area contributed by atoms with Crippen molar-refractivity contribution in [1.82, 2.24) is 0 Å². The molecule has 1 aromatic heterocycles. The minimum Gasteiger partial charge on any atom is -0.149 e. The molecule has 3 rings (SSSR count). The first kappa shape index (κ1) is 11.8. The minimum atomic E-state index is 0.0493. The Hall–Kier alpha value is -1.31. The van der Waals surface area contributed by atoms with Crippen LogP contribution in [0.4, 0.5) is 0 Å². The second-order valence-electron chi connectivity index (χ2n) is 4.36. The van der Waals surface area contributed by atoms with Gasteiger partial charge in [0.15, 0.2) is 0 Å². The summed E-state index contributed by atoms with van der Waals surface area (Å²) in [5.41, 5.74) is 1.20. The molecule has 0 radical (unpaired) electrons. The quantitative estimate of drug-likeness (QED) is 0.558. The molecule has 0 bridgehead atoms. The maximum atomic E-state index is 6.50. The molecule has 2 aromatic carbocycles. The normalized spacial score (nSPS) is 12.7. The van der Waals surface area contributed by atoms with Crippen molar-refractivity contribution < 1.29 is 0 Å². The van der Waals surface area contributed by atoms with Gasteiger partial charge in [0.25, 0.3) is 0 Å². The van der Waals surface area contributed by atoms with E-state index in [1.54, 1.807) is 11.3 Å². The van der Waals surface area contributed by atoms with Gasteiger partial charge < -0.3 is 0 Å². The third-order valence-electron chi connectivity index (χ3n) is 3.10. The Kier molecular flexibility index (Phi) is 3.35. The smallest absolute Gasteiger partial charge is 0.0633 e. The van der Waals surface area contributed by atoms with Gasteiger partial charge in [-0.25, -0.2) is 0 Å². The van der Waals surface area contributed by atoms with Crippen LogP contribution in [0.5, 0.6) is 0 Å². The number of halogens is 1. The zero-order chi connectivity index (χ0) is 12.4. The van der Waals surface area contributed by atoms with Crippen LogP contribution in [0.2, 0.25) is 0 Å². The minimum absolute atomic E-state index is 0.0493. The highest BCUT2D eigenvalue weighted by atomic mass is 35.5. The highest BCUT2D eigenvalue weighted by Gasteiger charge is 2.10. The van der Waals surface area contributed by atoms with Gasteiger partial charge in [-0.3, -0.25) is 0 Å². The van der Waals surface area contributed by atoms with Crippen LogP contribution in [0.15, 0.2) is 60.0 Å². The van der Waals surface area contributed by atoms with E-state index in [4.69, 9.17) is 11.6 Å². The average molecular weight is 273 g/mol. The molecule has 1 heterocycles. The number of fused-ring (bicyclic) bond motifs is 1. The zero-order valence-electron chi connectivity index (χ0n) is 9.84. The number of rotatable bonds is 3. The van der Waals surface area contributed by atoms with Crippen molar-refractivity contribution in [1.29, 1.82) is 0 Å². The SMILES string of the molecule is ClC(Cc1cccs1)c1ccc2ccccc2c1. The van der Waals surface area contributed by atoms with E-state index in [1.165, 1.54) is 21.2 Å².